The van der Waals surface area contributed by atoms with Gasteiger partial charge in [-0.25, -0.2) is 9.18 Å². The first-order chi connectivity index (χ1) is 10.3. The normalized spacial score (nSPS) is 11.1. The summed E-state index contributed by atoms with van der Waals surface area (Å²) in [5, 5.41) is 2.63. The van der Waals surface area contributed by atoms with Gasteiger partial charge in [0.2, 0.25) is 0 Å². The molecule has 0 bridgehead atoms. The number of alkyl carbamates (subject to hydrolysis) is 1. The maximum atomic E-state index is 13.8. The number of halogens is 2. The molecule has 0 aliphatic rings. The summed E-state index contributed by atoms with van der Waals surface area (Å²) in [5.74, 6) is 0.286. The fourth-order valence-corrected chi connectivity index (χ4v) is 1.79. The molecule has 124 valence electrons. The van der Waals surface area contributed by atoms with Crippen molar-refractivity contribution in [3.8, 4) is 5.75 Å². The third kappa shape index (κ3) is 7.50. The van der Waals surface area contributed by atoms with Crippen LogP contribution in [0.1, 0.15) is 32.8 Å². The van der Waals surface area contributed by atoms with E-state index in [4.69, 9.17) is 21.1 Å². The Balaban J connectivity index is 2.40. The van der Waals surface area contributed by atoms with E-state index in [1.165, 1.54) is 6.07 Å². The molecule has 0 aliphatic heterocycles. The zero-order valence-corrected chi connectivity index (χ0v) is 14.0. The van der Waals surface area contributed by atoms with Gasteiger partial charge >= 0.3 is 6.09 Å². The molecule has 0 spiro atoms. The van der Waals surface area contributed by atoms with Gasteiger partial charge in [0.1, 0.15) is 5.60 Å². The first-order valence-corrected chi connectivity index (χ1v) is 7.79. The van der Waals surface area contributed by atoms with Crippen molar-refractivity contribution in [3.63, 3.8) is 0 Å². The Kier molecular flexibility index (Phi) is 7.45. The van der Waals surface area contributed by atoms with Gasteiger partial charge in [-0.15, -0.1) is 11.6 Å². The number of nitrogens with one attached hydrogen (secondary N) is 1. The number of rotatable bonds is 7. The highest BCUT2D eigenvalue weighted by atomic mass is 35.5. The molecule has 22 heavy (non-hydrogen) atoms. The van der Waals surface area contributed by atoms with E-state index in [0.717, 1.165) is 5.56 Å². The highest BCUT2D eigenvalue weighted by molar-refractivity contribution is 6.17. The van der Waals surface area contributed by atoms with Crippen LogP contribution in [0, 0.1) is 5.82 Å². The molecule has 0 saturated carbocycles. The Bertz CT molecular complexity index is 489. The third-order valence-electron chi connectivity index (χ3n) is 2.61. The van der Waals surface area contributed by atoms with E-state index in [0.29, 0.717) is 31.9 Å². The lowest BCUT2D eigenvalue weighted by Crippen LogP contribution is -2.33. The number of benzene rings is 1. The summed E-state index contributed by atoms with van der Waals surface area (Å²) in [6.45, 7) is 6.15. The van der Waals surface area contributed by atoms with Crippen molar-refractivity contribution in [3.05, 3.63) is 29.6 Å². The molecule has 1 aromatic rings. The molecule has 1 N–H and O–H groups in total. The first-order valence-electron chi connectivity index (χ1n) is 7.26. The van der Waals surface area contributed by atoms with Crippen molar-refractivity contribution in [1.29, 1.82) is 0 Å². The molecule has 1 aromatic carbocycles. The Labute approximate surface area is 135 Å². The summed E-state index contributed by atoms with van der Waals surface area (Å²) in [7, 11) is 0. The van der Waals surface area contributed by atoms with E-state index in [9.17, 15) is 9.18 Å². The average molecular weight is 332 g/mol. The van der Waals surface area contributed by atoms with Crippen molar-refractivity contribution in [1.82, 2.24) is 5.32 Å². The lowest BCUT2D eigenvalue weighted by Gasteiger charge is -2.19. The second-order valence-electron chi connectivity index (χ2n) is 5.83. The maximum Gasteiger partial charge on any atom is 0.407 e. The monoisotopic (exact) mass is 331 g/mol. The molecule has 4 nitrogen and oxygen atoms in total. The zero-order valence-electron chi connectivity index (χ0n) is 13.2. The zero-order chi connectivity index (χ0) is 16.6. The van der Waals surface area contributed by atoms with Crippen molar-refractivity contribution in [2.45, 2.75) is 39.2 Å². The molecule has 6 heteroatoms. The van der Waals surface area contributed by atoms with E-state index in [1.807, 2.05) is 0 Å². The summed E-state index contributed by atoms with van der Waals surface area (Å²) >= 11 is 5.54. The smallest absolute Gasteiger partial charge is 0.407 e. The Hall–Kier alpha value is -1.49. The second-order valence-corrected chi connectivity index (χ2v) is 6.21. The van der Waals surface area contributed by atoms with E-state index < -0.39 is 17.5 Å². The molecule has 0 aliphatic carbocycles. The van der Waals surface area contributed by atoms with E-state index in [1.54, 1.807) is 32.9 Å². The van der Waals surface area contributed by atoms with E-state index in [-0.39, 0.29) is 5.75 Å². The fourth-order valence-electron chi connectivity index (χ4n) is 1.68. The first kappa shape index (κ1) is 18.6. The van der Waals surface area contributed by atoms with Gasteiger partial charge in [0.15, 0.2) is 11.6 Å². The topological polar surface area (TPSA) is 47.6 Å². The highest BCUT2D eigenvalue weighted by Crippen LogP contribution is 2.19. The number of hydrogen-bond acceptors (Lipinski definition) is 3. The van der Waals surface area contributed by atoms with Crippen LogP contribution in [-0.4, -0.2) is 30.7 Å². The quantitative estimate of drug-likeness (QED) is 0.609. The molecule has 1 rings (SSSR count). The van der Waals surface area contributed by atoms with Crippen LogP contribution in [-0.2, 0) is 11.2 Å². The third-order valence-corrected chi connectivity index (χ3v) is 2.88. The van der Waals surface area contributed by atoms with Crippen LogP contribution in [0.3, 0.4) is 0 Å². The molecule has 0 radical (unpaired) electrons. The van der Waals surface area contributed by atoms with Crippen LogP contribution >= 0.6 is 11.6 Å². The van der Waals surface area contributed by atoms with Gasteiger partial charge in [-0.1, -0.05) is 6.07 Å². The highest BCUT2D eigenvalue weighted by Gasteiger charge is 2.15. The molecule has 0 fully saturated rings. The van der Waals surface area contributed by atoms with E-state index >= 15 is 0 Å². The largest absolute Gasteiger partial charge is 0.490 e. The Morgan fingerprint density at radius 1 is 1.36 bits per heavy atom. The van der Waals surface area contributed by atoms with Crippen LogP contribution in [0.5, 0.6) is 5.75 Å². The molecule has 1 amide bonds. The summed E-state index contributed by atoms with van der Waals surface area (Å²) in [6.07, 6.45) is 0.703. The predicted octanol–water partition coefficient (Wildman–Crippen LogP) is 3.90. The Morgan fingerprint density at radius 2 is 2.09 bits per heavy atom. The minimum atomic E-state index is -0.530. The molecular weight excluding hydrogens is 309 g/mol. The number of hydrogen-bond donors (Lipinski definition) is 1. The SMILES string of the molecule is CC(C)(C)OC(=O)NCCc1ccc(OCCCCl)c(F)c1. The van der Waals surface area contributed by atoms with Crippen molar-refractivity contribution >= 4 is 17.7 Å². The molecule has 0 atom stereocenters. The van der Waals surface area contributed by atoms with Gasteiger partial charge in [0.25, 0.3) is 0 Å². The number of alkyl halides is 1. The number of carbonyl (C=O) groups excluding carboxylic acids is 1. The van der Waals surface area contributed by atoms with Crippen molar-refractivity contribution in [2.24, 2.45) is 0 Å². The maximum absolute atomic E-state index is 13.8. The molecular formula is C16H23ClFNO3. The lowest BCUT2D eigenvalue weighted by atomic mass is 10.1. The Morgan fingerprint density at radius 3 is 2.68 bits per heavy atom. The lowest BCUT2D eigenvalue weighted by molar-refractivity contribution is 0.0528. The van der Waals surface area contributed by atoms with Crippen LogP contribution in [0.15, 0.2) is 18.2 Å². The van der Waals surface area contributed by atoms with Gasteiger partial charge in [-0.3, -0.25) is 0 Å². The number of amides is 1. The standard InChI is InChI=1S/C16H23ClFNO3/c1-16(2,3)22-15(20)19-9-7-12-5-6-14(13(18)11-12)21-10-4-8-17/h5-6,11H,4,7-10H2,1-3H3,(H,19,20). The van der Waals surface area contributed by atoms with Gasteiger partial charge in [-0.2, -0.15) is 0 Å². The molecule has 0 saturated heterocycles. The predicted molar refractivity (Wildman–Crippen MR) is 85.2 cm³/mol. The minimum Gasteiger partial charge on any atom is -0.490 e. The molecule has 0 aromatic heterocycles. The average Bonchev–Trinajstić information content (AvgIpc) is 2.39. The van der Waals surface area contributed by atoms with Crippen LogP contribution in [0.4, 0.5) is 9.18 Å². The van der Waals surface area contributed by atoms with Gasteiger partial charge in [0.05, 0.1) is 6.61 Å². The van der Waals surface area contributed by atoms with Crippen molar-refractivity contribution < 1.29 is 18.7 Å². The summed E-state index contributed by atoms with van der Waals surface area (Å²) in [6, 6.07) is 4.77. The summed E-state index contributed by atoms with van der Waals surface area (Å²) < 4.78 is 24.2. The van der Waals surface area contributed by atoms with Crippen LogP contribution < -0.4 is 10.1 Å². The van der Waals surface area contributed by atoms with E-state index in [2.05, 4.69) is 5.32 Å². The molecule has 0 heterocycles. The van der Waals surface area contributed by atoms with Crippen LogP contribution in [0.25, 0.3) is 0 Å². The van der Waals surface area contributed by atoms with Gasteiger partial charge in [0, 0.05) is 12.4 Å². The second kappa shape index (κ2) is 8.83. The fraction of sp³-hybridized carbons (Fsp3) is 0.562. The number of ether oxygens (including phenoxy) is 2. The number of carbonyl (C=O) groups is 1. The minimum absolute atomic E-state index is 0.217. The van der Waals surface area contributed by atoms with Gasteiger partial charge in [-0.05, 0) is 51.3 Å². The summed E-state index contributed by atoms with van der Waals surface area (Å²) in [4.78, 5) is 11.5. The van der Waals surface area contributed by atoms with Crippen LogP contribution in [0.2, 0.25) is 0 Å². The van der Waals surface area contributed by atoms with Crippen molar-refractivity contribution in [2.75, 3.05) is 19.0 Å². The molecule has 0 unspecified atom stereocenters. The summed E-state index contributed by atoms with van der Waals surface area (Å²) in [5.41, 5.74) is 0.247. The van der Waals surface area contributed by atoms with Gasteiger partial charge < -0.3 is 14.8 Å².